The van der Waals surface area contributed by atoms with Crippen LogP contribution in [0, 0.1) is 5.92 Å². The van der Waals surface area contributed by atoms with E-state index in [1.54, 1.807) is 11.3 Å². The fourth-order valence-electron chi connectivity index (χ4n) is 3.93. The van der Waals surface area contributed by atoms with E-state index >= 15 is 0 Å². The highest BCUT2D eigenvalue weighted by Crippen LogP contribution is 2.35. The second kappa shape index (κ2) is 6.17. The van der Waals surface area contributed by atoms with Gasteiger partial charge in [0.15, 0.2) is 9.84 Å². The molecule has 1 aliphatic carbocycles. The summed E-state index contributed by atoms with van der Waals surface area (Å²) in [7, 11) is -2.93. The van der Waals surface area contributed by atoms with Gasteiger partial charge in [0, 0.05) is 10.9 Å². The van der Waals surface area contributed by atoms with Gasteiger partial charge in [0.25, 0.3) is 5.56 Å². The number of aromatic nitrogens is 2. The minimum atomic E-state index is -2.93. The molecule has 1 fully saturated rings. The molecule has 4 rings (SSSR count). The summed E-state index contributed by atoms with van der Waals surface area (Å²) in [5, 5.41) is 4.06. The van der Waals surface area contributed by atoms with Crippen molar-refractivity contribution in [2.45, 2.75) is 51.6 Å². The van der Waals surface area contributed by atoms with E-state index < -0.39 is 9.84 Å². The predicted octanol–water partition coefficient (Wildman–Crippen LogP) is 1.95. The fraction of sp³-hybridized carbons (Fsp3) is 0.647. The Morgan fingerprint density at radius 2 is 2.16 bits per heavy atom. The molecule has 2 N–H and O–H groups in total. The number of rotatable bonds is 3. The maximum Gasteiger partial charge on any atom is 0.259 e. The number of fused-ring (bicyclic) bond motifs is 3. The zero-order valence-electron chi connectivity index (χ0n) is 14.5. The summed E-state index contributed by atoms with van der Waals surface area (Å²) in [6, 6.07) is -0.258. The van der Waals surface area contributed by atoms with Crippen LogP contribution in [-0.4, -0.2) is 35.9 Å². The molecule has 0 radical (unpaired) electrons. The smallest absolute Gasteiger partial charge is 0.259 e. The normalized spacial score (nSPS) is 26.6. The Morgan fingerprint density at radius 1 is 1.36 bits per heavy atom. The van der Waals surface area contributed by atoms with Crippen LogP contribution >= 0.6 is 11.3 Å². The lowest BCUT2D eigenvalue weighted by Gasteiger charge is -2.18. The van der Waals surface area contributed by atoms with Gasteiger partial charge in [-0.15, -0.1) is 11.3 Å². The van der Waals surface area contributed by atoms with Crippen LogP contribution in [0.2, 0.25) is 0 Å². The lowest BCUT2D eigenvalue weighted by atomic mass is 9.89. The van der Waals surface area contributed by atoms with E-state index in [2.05, 4.69) is 17.2 Å². The quantitative estimate of drug-likeness (QED) is 0.848. The summed E-state index contributed by atoms with van der Waals surface area (Å²) in [5.41, 5.74) is 1.11. The van der Waals surface area contributed by atoms with Crippen molar-refractivity contribution in [1.82, 2.24) is 15.3 Å². The summed E-state index contributed by atoms with van der Waals surface area (Å²) in [4.78, 5) is 22.4. The van der Waals surface area contributed by atoms with Gasteiger partial charge in [-0.1, -0.05) is 6.92 Å². The summed E-state index contributed by atoms with van der Waals surface area (Å²) >= 11 is 1.64. The summed E-state index contributed by atoms with van der Waals surface area (Å²) < 4.78 is 23.2. The van der Waals surface area contributed by atoms with Gasteiger partial charge in [-0.25, -0.2) is 13.4 Å². The van der Waals surface area contributed by atoms with E-state index in [1.807, 2.05) is 6.92 Å². The van der Waals surface area contributed by atoms with Crippen molar-refractivity contribution in [3.63, 3.8) is 0 Å². The van der Waals surface area contributed by atoms with Crippen molar-refractivity contribution in [3.8, 4) is 0 Å². The lowest BCUT2D eigenvalue weighted by molar-refractivity contribution is 0.469. The van der Waals surface area contributed by atoms with Crippen molar-refractivity contribution in [1.29, 1.82) is 0 Å². The number of hydrogen-bond acceptors (Lipinski definition) is 6. The van der Waals surface area contributed by atoms with Gasteiger partial charge in [-0.3, -0.25) is 4.79 Å². The van der Waals surface area contributed by atoms with E-state index in [4.69, 9.17) is 4.98 Å². The largest absolute Gasteiger partial charge is 0.309 e. The standard InChI is InChI=1S/C17H23N3O3S2/c1-9-3-4-12-13(7-9)24-17-14(12)16(21)19-15(20-17)10(2)18-11-5-6-25(22,23)8-11/h9-11,18H,3-8H2,1-2H3,(H,19,20,21)/t9-,10+,11+/m0/s1. The summed E-state index contributed by atoms with van der Waals surface area (Å²) in [6.45, 7) is 4.17. The molecule has 0 unspecified atom stereocenters. The van der Waals surface area contributed by atoms with E-state index in [-0.39, 0.29) is 29.1 Å². The van der Waals surface area contributed by atoms with E-state index in [1.165, 1.54) is 10.4 Å². The van der Waals surface area contributed by atoms with Crippen LogP contribution in [0.4, 0.5) is 0 Å². The van der Waals surface area contributed by atoms with Gasteiger partial charge >= 0.3 is 0 Å². The molecule has 2 aromatic heterocycles. The molecule has 25 heavy (non-hydrogen) atoms. The van der Waals surface area contributed by atoms with Gasteiger partial charge in [-0.05, 0) is 44.1 Å². The maximum absolute atomic E-state index is 12.6. The van der Waals surface area contributed by atoms with Crippen molar-refractivity contribution >= 4 is 31.4 Å². The molecular weight excluding hydrogens is 358 g/mol. The Balaban J connectivity index is 1.64. The molecule has 6 nitrogen and oxygen atoms in total. The Labute approximate surface area is 151 Å². The number of aromatic amines is 1. The number of sulfone groups is 1. The van der Waals surface area contributed by atoms with Gasteiger partial charge in [0.05, 0.1) is 22.9 Å². The van der Waals surface area contributed by atoms with Crippen molar-refractivity contribution in [2.75, 3.05) is 11.5 Å². The minimum Gasteiger partial charge on any atom is -0.309 e. The molecule has 0 spiro atoms. The number of aryl methyl sites for hydroxylation is 1. The molecule has 136 valence electrons. The van der Waals surface area contributed by atoms with Crippen LogP contribution in [0.25, 0.3) is 10.2 Å². The van der Waals surface area contributed by atoms with Gasteiger partial charge < -0.3 is 10.3 Å². The Bertz CT molecular complexity index is 977. The Morgan fingerprint density at radius 3 is 2.88 bits per heavy atom. The molecule has 0 saturated carbocycles. The zero-order chi connectivity index (χ0) is 17.8. The molecule has 0 amide bonds. The van der Waals surface area contributed by atoms with E-state index in [0.29, 0.717) is 18.2 Å². The van der Waals surface area contributed by atoms with Gasteiger partial charge in [-0.2, -0.15) is 0 Å². The SMILES string of the molecule is C[C@H]1CCc2c(sc3nc([C@@H](C)N[C@@H]4CCS(=O)(=O)C4)[nH]c(=O)c23)C1. The molecule has 1 saturated heterocycles. The van der Waals surface area contributed by atoms with Crippen molar-refractivity contribution < 1.29 is 8.42 Å². The van der Waals surface area contributed by atoms with Crippen LogP contribution in [-0.2, 0) is 22.7 Å². The average molecular weight is 382 g/mol. The second-order valence-corrected chi connectivity index (χ2v) is 10.8. The number of nitrogens with one attached hydrogen (secondary N) is 2. The third-order valence-corrected chi connectivity index (χ3v) is 8.23. The highest BCUT2D eigenvalue weighted by Gasteiger charge is 2.30. The Kier molecular flexibility index (Phi) is 4.24. The molecule has 3 atom stereocenters. The van der Waals surface area contributed by atoms with Crippen molar-refractivity contribution in [3.05, 3.63) is 26.6 Å². The third kappa shape index (κ3) is 3.27. The van der Waals surface area contributed by atoms with Crippen LogP contribution in [0.1, 0.15) is 49.0 Å². The first-order chi connectivity index (χ1) is 11.8. The highest BCUT2D eigenvalue weighted by molar-refractivity contribution is 7.91. The predicted molar refractivity (Wildman–Crippen MR) is 100 cm³/mol. The molecule has 0 aromatic carbocycles. The molecule has 2 aromatic rings. The van der Waals surface area contributed by atoms with Crippen LogP contribution in [0.15, 0.2) is 4.79 Å². The number of hydrogen-bond donors (Lipinski definition) is 2. The number of H-pyrrole nitrogens is 1. The lowest BCUT2D eigenvalue weighted by Crippen LogP contribution is -2.34. The van der Waals surface area contributed by atoms with Crippen LogP contribution < -0.4 is 10.9 Å². The second-order valence-electron chi connectivity index (χ2n) is 7.47. The van der Waals surface area contributed by atoms with Crippen LogP contribution in [0.3, 0.4) is 0 Å². The fourth-order valence-corrected chi connectivity index (χ4v) is 7.01. The first-order valence-electron chi connectivity index (χ1n) is 8.83. The molecular formula is C17H23N3O3S2. The van der Waals surface area contributed by atoms with Gasteiger partial charge in [0.1, 0.15) is 10.7 Å². The average Bonchev–Trinajstić information content (AvgIpc) is 3.06. The number of thiophene rings is 1. The third-order valence-electron chi connectivity index (χ3n) is 5.31. The summed E-state index contributed by atoms with van der Waals surface area (Å²) in [6.07, 6.45) is 3.71. The molecule has 1 aliphatic heterocycles. The van der Waals surface area contributed by atoms with Gasteiger partial charge in [0.2, 0.25) is 0 Å². The Hall–Kier alpha value is -1.25. The molecule has 2 aliphatic rings. The minimum absolute atomic E-state index is 0.0697. The first kappa shape index (κ1) is 17.2. The zero-order valence-corrected chi connectivity index (χ0v) is 16.1. The maximum atomic E-state index is 12.6. The summed E-state index contributed by atoms with van der Waals surface area (Å²) in [5.74, 6) is 1.64. The van der Waals surface area contributed by atoms with Crippen molar-refractivity contribution in [2.24, 2.45) is 5.92 Å². The number of nitrogens with zero attached hydrogens (tertiary/aromatic N) is 1. The molecule has 3 heterocycles. The van der Waals surface area contributed by atoms with Crippen LogP contribution in [0.5, 0.6) is 0 Å². The monoisotopic (exact) mass is 381 g/mol. The first-order valence-corrected chi connectivity index (χ1v) is 11.5. The molecule has 0 bridgehead atoms. The van der Waals surface area contributed by atoms with E-state index in [9.17, 15) is 13.2 Å². The topological polar surface area (TPSA) is 91.9 Å². The molecule has 8 heteroatoms. The van der Waals surface area contributed by atoms with E-state index in [0.717, 1.165) is 29.5 Å². The highest BCUT2D eigenvalue weighted by atomic mass is 32.2.